The highest BCUT2D eigenvalue weighted by Gasteiger charge is 2.08. The molecule has 98 valence electrons. The van der Waals surface area contributed by atoms with Crippen LogP contribution in [0.15, 0.2) is 0 Å². The van der Waals surface area contributed by atoms with Gasteiger partial charge >= 0.3 is 0 Å². The van der Waals surface area contributed by atoms with Gasteiger partial charge in [-0.3, -0.25) is 4.79 Å². The van der Waals surface area contributed by atoms with E-state index in [2.05, 4.69) is 13.8 Å². The van der Waals surface area contributed by atoms with E-state index < -0.39 is 12.1 Å². The Kier molecular flexibility index (Phi) is 13.8. The fourth-order valence-electron chi connectivity index (χ4n) is 1.40. The summed E-state index contributed by atoms with van der Waals surface area (Å²) in [4.78, 5) is 9.00. The molecule has 0 fully saturated rings. The van der Waals surface area contributed by atoms with Crippen LogP contribution in [-0.2, 0) is 4.79 Å². The summed E-state index contributed by atoms with van der Waals surface area (Å²) in [6.07, 6.45) is 5.16. The topological polar surface area (TPSA) is 77.8 Å². The summed E-state index contributed by atoms with van der Waals surface area (Å²) in [7, 11) is 0. The van der Waals surface area contributed by atoms with Gasteiger partial charge in [0.1, 0.15) is 0 Å². The molecule has 0 saturated heterocycles. The lowest BCUT2D eigenvalue weighted by atomic mass is 9.97. The highest BCUT2D eigenvalue weighted by Crippen LogP contribution is 2.14. The average Bonchev–Trinajstić information content (AvgIpc) is 2.17. The van der Waals surface area contributed by atoms with E-state index in [1.165, 1.54) is 25.7 Å². The van der Waals surface area contributed by atoms with E-state index in [0.717, 1.165) is 13.3 Å². The van der Waals surface area contributed by atoms with E-state index in [4.69, 9.17) is 20.1 Å². The second-order valence-corrected chi connectivity index (χ2v) is 4.19. The number of carboxylic acid groups (broad SMARTS) is 1. The number of carboxylic acids is 1. The summed E-state index contributed by atoms with van der Waals surface area (Å²) < 4.78 is 0. The van der Waals surface area contributed by atoms with Crippen molar-refractivity contribution in [1.82, 2.24) is 0 Å². The molecule has 0 saturated carbocycles. The predicted molar refractivity (Wildman–Crippen MR) is 64.3 cm³/mol. The van der Waals surface area contributed by atoms with Gasteiger partial charge in [0, 0.05) is 6.92 Å². The van der Waals surface area contributed by atoms with Crippen molar-refractivity contribution >= 4 is 5.97 Å². The van der Waals surface area contributed by atoms with Gasteiger partial charge < -0.3 is 15.3 Å². The molecule has 0 radical (unpaired) electrons. The van der Waals surface area contributed by atoms with Crippen molar-refractivity contribution in [3.63, 3.8) is 0 Å². The number of rotatable bonds is 7. The molecule has 0 aliphatic carbocycles. The summed E-state index contributed by atoms with van der Waals surface area (Å²) in [6.45, 7) is 5.31. The van der Waals surface area contributed by atoms with Crippen LogP contribution in [0.5, 0.6) is 0 Å². The summed E-state index contributed by atoms with van der Waals surface area (Å²) >= 11 is 0. The zero-order valence-electron chi connectivity index (χ0n) is 10.6. The minimum absolute atomic E-state index is 0.0991. The molecule has 0 bridgehead atoms. The second kappa shape index (κ2) is 12.5. The van der Waals surface area contributed by atoms with E-state index in [1.807, 2.05) is 0 Å². The SMILES string of the molecule is CC(=O)O.CCCCCC(C)CC(O)CO. The molecule has 0 aromatic heterocycles. The normalized spacial score (nSPS) is 13.6. The Morgan fingerprint density at radius 2 is 1.81 bits per heavy atom. The van der Waals surface area contributed by atoms with E-state index in [-0.39, 0.29) is 6.61 Å². The summed E-state index contributed by atoms with van der Waals surface area (Å²) in [5, 5.41) is 25.2. The molecule has 0 spiro atoms. The number of hydrogen-bond acceptors (Lipinski definition) is 3. The van der Waals surface area contributed by atoms with Crippen molar-refractivity contribution in [3.8, 4) is 0 Å². The maximum absolute atomic E-state index is 9.13. The van der Waals surface area contributed by atoms with Crippen LogP contribution < -0.4 is 0 Å². The first-order chi connectivity index (χ1) is 7.43. The Morgan fingerprint density at radius 3 is 2.19 bits per heavy atom. The Balaban J connectivity index is 0. The summed E-state index contributed by atoms with van der Waals surface area (Å²) in [5.41, 5.74) is 0. The minimum atomic E-state index is -0.833. The molecule has 16 heavy (non-hydrogen) atoms. The van der Waals surface area contributed by atoms with Crippen LogP contribution >= 0.6 is 0 Å². The molecule has 3 N–H and O–H groups in total. The van der Waals surface area contributed by atoms with Crippen LogP contribution in [0.1, 0.15) is 52.9 Å². The summed E-state index contributed by atoms with van der Waals surface area (Å²) in [5.74, 6) is -0.293. The van der Waals surface area contributed by atoms with Gasteiger partial charge in [-0.25, -0.2) is 0 Å². The van der Waals surface area contributed by atoms with Crippen molar-refractivity contribution in [1.29, 1.82) is 0 Å². The Hall–Kier alpha value is -0.610. The van der Waals surface area contributed by atoms with Crippen LogP contribution in [0.2, 0.25) is 0 Å². The maximum atomic E-state index is 9.13. The van der Waals surface area contributed by atoms with Crippen molar-refractivity contribution in [3.05, 3.63) is 0 Å². The van der Waals surface area contributed by atoms with Gasteiger partial charge in [-0.2, -0.15) is 0 Å². The molecule has 0 rings (SSSR count). The zero-order valence-corrected chi connectivity index (χ0v) is 10.6. The maximum Gasteiger partial charge on any atom is 0.300 e. The smallest absolute Gasteiger partial charge is 0.300 e. The van der Waals surface area contributed by atoms with E-state index >= 15 is 0 Å². The van der Waals surface area contributed by atoms with Gasteiger partial charge in [0.15, 0.2) is 0 Å². The molecule has 2 atom stereocenters. The van der Waals surface area contributed by atoms with E-state index in [1.54, 1.807) is 0 Å². The van der Waals surface area contributed by atoms with Crippen molar-refractivity contribution in [2.24, 2.45) is 5.92 Å². The zero-order chi connectivity index (χ0) is 13.0. The van der Waals surface area contributed by atoms with Crippen LogP contribution in [0, 0.1) is 5.92 Å². The number of aliphatic hydroxyl groups excluding tert-OH is 2. The molecule has 0 aliphatic heterocycles. The second-order valence-electron chi connectivity index (χ2n) is 4.19. The quantitative estimate of drug-likeness (QED) is 0.589. The van der Waals surface area contributed by atoms with Gasteiger partial charge in [-0.1, -0.05) is 39.5 Å². The minimum Gasteiger partial charge on any atom is -0.481 e. The lowest BCUT2D eigenvalue weighted by molar-refractivity contribution is -0.134. The Morgan fingerprint density at radius 1 is 1.31 bits per heavy atom. The first-order valence-corrected chi connectivity index (χ1v) is 5.92. The third-order valence-corrected chi connectivity index (χ3v) is 2.19. The Labute approximate surface area is 98.3 Å². The number of unbranched alkanes of at least 4 members (excludes halogenated alkanes) is 2. The number of aliphatic hydroxyl groups is 2. The average molecular weight is 234 g/mol. The highest BCUT2D eigenvalue weighted by atomic mass is 16.4. The van der Waals surface area contributed by atoms with Crippen molar-refractivity contribution in [2.75, 3.05) is 6.61 Å². The standard InChI is InChI=1S/C10H22O2.C2H4O2/c1-3-4-5-6-9(2)7-10(12)8-11;1-2(3)4/h9-12H,3-8H2,1-2H3;1H3,(H,3,4). The van der Waals surface area contributed by atoms with E-state index in [0.29, 0.717) is 5.92 Å². The fourth-order valence-corrected chi connectivity index (χ4v) is 1.40. The van der Waals surface area contributed by atoms with Crippen molar-refractivity contribution in [2.45, 2.75) is 59.0 Å². The molecule has 0 heterocycles. The van der Waals surface area contributed by atoms with Crippen LogP contribution in [0.4, 0.5) is 0 Å². The summed E-state index contributed by atoms with van der Waals surface area (Å²) in [6, 6.07) is 0. The van der Waals surface area contributed by atoms with Crippen LogP contribution in [0.3, 0.4) is 0 Å². The van der Waals surface area contributed by atoms with Gasteiger partial charge in [0.2, 0.25) is 0 Å². The molecule has 0 amide bonds. The molecule has 0 aromatic carbocycles. The highest BCUT2D eigenvalue weighted by molar-refractivity contribution is 5.62. The van der Waals surface area contributed by atoms with Gasteiger partial charge in [0.25, 0.3) is 5.97 Å². The monoisotopic (exact) mass is 234 g/mol. The third-order valence-electron chi connectivity index (χ3n) is 2.19. The first-order valence-electron chi connectivity index (χ1n) is 5.92. The number of hydrogen-bond donors (Lipinski definition) is 3. The molecular weight excluding hydrogens is 208 g/mol. The largest absolute Gasteiger partial charge is 0.481 e. The fraction of sp³-hybridized carbons (Fsp3) is 0.917. The van der Waals surface area contributed by atoms with E-state index in [9.17, 15) is 0 Å². The molecule has 0 aliphatic rings. The van der Waals surface area contributed by atoms with Gasteiger partial charge in [-0.15, -0.1) is 0 Å². The predicted octanol–water partition coefficient (Wildman–Crippen LogP) is 2.04. The Bertz CT molecular complexity index is 155. The molecular formula is C12H26O4. The lowest BCUT2D eigenvalue weighted by Gasteiger charge is -2.13. The number of carbonyl (C=O) groups is 1. The molecule has 0 aromatic rings. The first kappa shape index (κ1) is 17.8. The lowest BCUT2D eigenvalue weighted by Crippen LogP contribution is -2.15. The third kappa shape index (κ3) is 19.0. The molecule has 4 heteroatoms. The number of aliphatic carboxylic acids is 1. The molecule has 4 nitrogen and oxygen atoms in total. The van der Waals surface area contributed by atoms with Crippen LogP contribution in [0.25, 0.3) is 0 Å². The molecule has 2 unspecified atom stereocenters. The van der Waals surface area contributed by atoms with Gasteiger partial charge in [0.05, 0.1) is 12.7 Å². The van der Waals surface area contributed by atoms with Gasteiger partial charge in [-0.05, 0) is 12.3 Å². The van der Waals surface area contributed by atoms with Crippen molar-refractivity contribution < 1.29 is 20.1 Å². The van der Waals surface area contributed by atoms with Crippen LogP contribution in [-0.4, -0.2) is 34.0 Å².